The van der Waals surface area contributed by atoms with Crippen molar-refractivity contribution in [2.75, 3.05) is 0 Å². The van der Waals surface area contributed by atoms with Crippen molar-refractivity contribution in [3.63, 3.8) is 0 Å². The zero-order chi connectivity index (χ0) is 12.3. The lowest BCUT2D eigenvalue weighted by Gasteiger charge is -1.99. The molecule has 17 heavy (non-hydrogen) atoms. The molecule has 0 aliphatic carbocycles. The molecule has 2 aromatic rings. The Hall–Kier alpha value is -2.02. The molecular weight excluding hydrogens is 245 g/mol. The molecule has 2 rings (SSSR count). The van der Waals surface area contributed by atoms with E-state index in [9.17, 15) is 14.5 Å². The molecule has 1 aromatic heterocycles. The number of aromatic nitrogens is 2. The number of benzene rings is 1. The van der Waals surface area contributed by atoms with Gasteiger partial charge >= 0.3 is 5.69 Å². The summed E-state index contributed by atoms with van der Waals surface area (Å²) in [5.41, 5.74) is -0.159. The molecule has 0 amide bonds. The van der Waals surface area contributed by atoms with E-state index in [1.165, 1.54) is 23.9 Å². The summed E-state index contributed by atoms with van der Waals surface area (Å²) in [5, 5.41) is 10.8. The van der Waals surface area contributed by atoms with Gasteiger partial charge in [-0.2, -0.15) is 0 Å². The molecule has 0 N–H and O–H groups in total. The van der Waals surface area contributed by atoms with Crippen molar-refractivity contribution in [1.82, 2.24) is 9.97 Å². The maximum absolute atomic E-state index is 12.7. The van der Waals surface area contributed by atoms with Gasteiger partial charge in [0.2, 0.25) is 0 Å². The van der Waals surface area contributed by atoms with E-state index >= 15 is 0 Å². The van der Waals surface area contributed by atoms with Crippen LogP contribution in [-0.4, -0.2) is 14.9 Å². The topological polar surface area (TPSA) is 68.9 Å². The fourth-order valence-electron chi connectivity index (χ4n) is 1.06. The monoisotopic (exact) mass is 251 g/mol. The summed E-state index contributed by atoms with van der Waals surface area (Å²) in [6.07, 6.45) is 2.28. The average molecular weight is 251 g/mol. The van der Waals surface area contributed by atoms with Crippen molar-refractivity contribution in [3.05, 3.63) is 52.6 Å². The van der Waals surface area contributed by atoms with Gasteiger partial charge in [-0.25, -0.2) is 14.4 Å². The molecule has 0 saturated heterocycles. The van der Waals surface area contributed by atoms with Crippen molar-refractivity contribution >= 4 is 17.4 Å². The van der Waals surface area contributed by atoms with Gasteiger partial charge in [-0.15, -0.1) is 0 Å². The minimum atomic E-state index is -0.563. The molecule has 1 heterocycles. The Kier molecular flexibility index (Phi) is 3.29. The molecule has 0 radical (unpaired) electrons. The lowest BCUT2D eigenvalue weighted by molar-refractivity contribution is -0.385. The first-order chi connectivity index (χ1) is 8.15. The minimum absolute atomic E-state index is 0.159. The molecule has 5 nitrogen and oxygen atoms in total. The highest BCUT2D eigenvalue weighted by molar-refractivity contribution is 7.99. The number of hydrogen-bond donors (Lipinski definition) is 0. The summed E-state index contributed by atoms with van der Waals surface area (Å²) >= 11 is 1.21. The Morgan fingerprint density at radius 3 is 2.29 bits per heavy atom. The lowest BCUT2D eigenvalue weighted by atomic mass is 10.4. The normalized spacial score (nSPS) is 10.2. The zero-order valence-corrected chi connectivity index (χ0v) is 9.22. The Morgan fingerprint density at radius 2 is 1.76 bits per heavy atom. The van der Waals surface area contributed by atoms with E-state index in [1.54, 1.807) is 12.1 Å². The highest BCUT2D eigenvalue weighted by Crippen LogP contribution is 2.24. The Balaban J connectivity index is 2.13. The van der Waals surface area contributed by atoms with E-state index in [0.29, 0.717) is 5.16 Å². The van der Waals surface area contributed by atoms with Crippen LogP contribution in [0.1, 0.15) is 0 Å². The number of hydrogen-bond acceptors (Lipinski definition) is 5. The van der Waals surface area contributed by atoms with Gasteiger partial charge in [0.15, 0.2) is 5.16 Å². The van der Waals surface area contributed by atoms with Crippen molar-refractivity contribution in [2.45, 2.75) is 10.1 Å². The van der Waals surface area contributed by atoms with Gasteiger partial charge < -0.3 is 0 Å². The van der Waals surface area contributed by atoms with Gasteiger partial charge in [0.1, 0.15) is 18.2 Å². The molecule has 0 saturated carbocycles. The Bertz CT molecular complexity index is 530. The van der Waals surface area contributed by atoms with Crippen LogP contribution in [-0.2, 0) is 0 Å². The SMILES string of the molecule is O=[N+]([O-])c1cnc(Sc2ccc(F)cc2)nc1. The van der Waals surface area contributed by atoms with Crippen LogP contribution >= 0.6 is 11.8 Å². The van der Waals surface area contributed by atoms with E-state index in [4.69, 9.17) is 0 Å². The number of rotatable bonds is 3. The standard InChI is InChI=1S/C10H6FN3O2S/c11-7-1-3-9(4-2-7)17-10-12-5-8(6-13-10)14(15)16/h1-6H. The molecule has 0 spiro atoms. The van der Waals surface area contributed by atoms with Gasteiger partial charge in [0, 0.05) is 4.90 Å². The quantitative estimate of drug-likeness (QED) is 0.476. The first-order valence-corrected chi connectivity index (χ1v) is 5.36. The molecular formula is C10H6FN3O2S. The van der Waals surface area contributed by atoms with Crippen LogP contribution < -0.4 is 0 Å². The molecule has 0 atom stereocenters. The fourth-order valence-corrected chi connectivity index (χ4v) is 1.76. The van der Waals surface area contributed by atoms with Crippen LogP contribution in [0.3, 0.4) is 0 Å². The van der Waals surface area contributed by atoms with Crippen molar-refractivity contribution < 1.29 is 9.31 Å². The summed E-state index contributed by atoms with van der Waals surface area (Å²) in [7, 11) is 0. The van der Waals surface area contributed by atoms with Crippen molar-refractivity contribution in [1.29, 1.82) is 0 Å². The molecule has 0 fully saturated rings. The maximum atomic E-state index is 12.7. The molecule has 0 aliphatic rings. The van der Waals surface area contributed by atoms with Crippen LogP contribution in [0.2, 0.25) is 0 Å². The summed E-state index contributed by atoms with van der Waals surface area (Å²) in [6.45, 7) is 0. The third-order valence-electron chi connectivity index (χ3n) is 1.85. The fraction of sp³-hybridized carbons (Fsp3) is 0. The van der Waals surface area contributed by atoms with E-state index in [2.05, 4.69) is 9.97 Å². The molecule has 7 heteroatoms. The Morgan fingerprint density at radius 1 is 1.18 bits per heavy atom. The predicted octanol–water partition coefficient (Wildman–Crippen LogP) is 2.68. The van der Waals surface area contributed by atoms with E-state index in [1.807, 2.05) is 0 Å². The van der Waals surface area contributed by atoms with Gasteiger partial charge in [-0.05, 0) is 36.0 Å². The van der Waals surface area contributed by atoms with Crippen LogP contribution in [0.15, 0.2) is 46.7 Å². The number of halogens is 1. The molecule has 0 unspecified atom stereocenters. The predicted molar refractivity (Wildman–Crippen MR) is 59.2 cm³/mol. The van der Waals surface area contributed by atoms with E-state index in [0.717, 1.165) is 17.3 Å². The van der Waals surface area contributed by atoms with Crippen LogP contribution in [0.5, 0.6) is 0 Å². The Labute approximate surface area is 99.9 Å². The first kappa shape index (κ1) is 11.5. The highest BCUT2D eigenvalue weighted by Gasteiger charge is 2.07. The molecule has 0 aliphatic heterocycles. The van der Waals surface area contributed by atoms with E-state index in [-0.39, 0.29) is 11.5 Å². The summed E-state index contributed by atoms with van der Waals surface area (Å²) in [4.78, 5) is 18.3. The third kappa shape index (κ3) is 2.97. The van der Waals surface area contributed by atoms with Gasteiger partial charge in [0.05, 0.1) is 4.92 Å². The van der Waals surface area contributed by atoms with Gasteiger partial charge in [-0.1, -0.05) is 0 Å². The molecule has 86 valence electrons. The number of nitrogens with zero attached hydrogens (tertiary/aromatic N) is 3. The minimum Gasteiger partial charge on any atom is -0.258 e. The van der Waals surface area contributed by atoms with Gasteiger partial charge in [0.25, 0.3) is 0 Å². The van der Waals surface area contributed by atoms with E-state index < -0.39 is 4.92 Å². The lowest BCUT2D eigenvalue weighted by Crippen LogP contribution is -1.92. The van der Waals surface area contributed by atoms with Gasteiger partial charge in [-0.3, -0.25) is 10.1 Å². The molecule has 0 bridgehead atoms. The van der Waals surface area contributed by atoms with Crippen molar-refractivity contribution in [2.24, 2.45) is 0 Å². The zero-order valence-electron chi connectivity index (χ0n) is 8.41. The van der Waals surface area contributed by atoms with Crippen LogP contribution in [0, 0.1) is 15.9 Å². The molecule has 1 aromatic carbocycles. The van der Waals surface area contributed by atoms with Crippen LogP contribution in [0.25, 0.3) is 0 Å². The summed E-state index contributed by atoms with van der Waals surface area (Å²) in [5.74, 6) is -0.320. The second kappa shape index (κ2) is 4.88. The first-order valence-electron chi connectivity index (χ1n) is 4.55. The smallest absolute Gasteiger partial charge is 0.258 e. The average Bonchev–Trinajstić information content (AvgIpc) is 2.33. The second-order valence-electron chi connectivity index (χ2n) is 3.04. The summed E-state index contributed by atoms with van der Waals surface area (Å²) < 4.78 is 12.7. The largest absolute Gasteiger partial charge is 0.305 e. The number of nitro groups is 1. The highest BCUT2D eigenvalue weighted by atomic mass is 32.2. The van der Waals surface area contributed by atoms with Crippen LogP contribution in [0.4, 0.5) is 10.1 Å². The maximum Gasteiger partial charge on any atom is 0.305 e. The summed E-state index contributed by atoms with van der Waals surface area (Å²) in [6, 6.07) is 5.83. The second-order valence-corrected chi connectivity index (χ2v) is 4.08. The van der Waals surface area contributed by atoms with Crippen molar-refractivity contribution in [3.8, 4) is 0 Å². The third-order valence-corrected chi connectivity index (χ3v) is 2.75.